The van der Waals surface area contributed by atoms with Crippen LogP contribution >= 0.6 is 11.6 Å². The molecule has 5 nitrogen and oxygen atoms in total. The first kappa shape index (κ1) is 13.7. The second kappa shape index (κ2) is 4.93. The summed E-state index contributed by atoms with van der Waals surface area (Å²) < 4.78 is 3.32. The smallest absolute Gasteiger partial charge is 0.271 e. The summed E-state index contributed by atoms with van der Waals surface area (Å²) in [4.78, 5) is 11.9. The van der Waals surface area contributed by atoms with Crippen molar-refractivity contribution in [3.05, 3.63) is 51.5 Å². The fraction of sp³-hybridized carbons (Fsp3) is 0.200. The predicted octanol–water partition coefficient (Wildman–Crippen LogP) is 2.98. The Morgan fingerprint density at radius 3 is 2.76 bits per heavy atom. The summed E-state index contributed by atoms with van der Waals surface area (Å²) in [6, 6.07) is 5.77. The van der Waals surface area contributed by atoms with E-state index in [2.05, 4.69) is 10.4 Å². The Bertz CT molecular complexity index is 895. The summed E-state index contributed by atoms with van der Waals surface area (Å²) in [5.41, 5.74) is 3.07. The lowest BCUT2D eigenvalue weighted by Crippen LogP contribution is -2.22. The molecule has 2 heterocycles. The zero-order valence-corrected chi connectivity index (χ0v) is 12.8. The van der Waals surface area contributed by atoms with Gasteiger partial charge in [0, 0.05) is 42.0 Å². The van der Waals surface area contributed by atoms with Crippen molar-refractivity contribution in [1.29, 1.82) is 0 Å². The maximum atomic E-state index is 11.9. The number of aromatic nitrogens is 3. The Morgan fingerprint density at radius 1 is 1.24 bits per heavy atom. The first-order valence-electron chi connectivity index (χ1n) is 6.52. The van der Waals surface area contributed by atoms with E-state index in [0.717, 1.165) is 16.6 Å². The van der Waals surface area contributed by atoms with Crippen LogP contribution in [0.2, 0.25) is 5.02 Å². The van der Waals surface area contributed by atoms with Crippen LogP contribution in [0.3, 0.4) is 0 Å². The molecular formula is C15H15ClN4O. The highest BCUT2D eigenvalue weighted by Crippen LogP contribution is 2.31. The van der Waals surface area contributed by atoms with Crippen LogP contribution in [-0.2, 0) is 14.1 Å². The number of nitrogens with one attached hydrogen (secondary N) is 1. The monoisotopic (exact) mass is 302 g/mol. The standard InChI is InChI=1S/C15H15ClN4O/c1-9-13(8-17-20(3)15(9)21)18-12-6-10(16)7-14-11(12)4-5-19(14)2/h4-8,18H,1-3H3. The van der Waals surface area contributed by atoms with E-state index in [1.165, 1.54) is 4.68 Å². The Kier molecular flexibility index (Phi) is 3.22. The molecule has 0 amide bonds. The minimum absolute atomic E-state index is 0.119. The molecular weight excluding hydrogens is 288 g/mol. The molecule has 1 N–H and O–H groups in total. The molecule has 21 heavy (non-hydrogen) atoms. The molecule has 0 unspecified atom stereocenters. The Hall–Kier alpha value is -2.27. The summed E-state index contributed by atoms with van der Waals surface area (Å²) in [5.74, 6) is 0. The predicted molar refractivity (Wildman–Crippen MR) is 85.4 cm³/mol. The van der Waals surface area contributed by atoms with Crippen LogP contribution in [0.15, 0.2) is 35.4 Å². The van der Waals surface area contributed by atoms with E-state index >= 15 is 0 Å². The van der Waals surface area contributed by atoms with Gasteiger partial charge in [-0.3, -0.25) is 4.79 Å². The van der Waals surface area contributed by atoms with Crippen molar-refractivity contribution in [2.45, 2.75) is 6.92 Å². The Morgan fingerprint density at radius 2 is 2.00 bits per heavy atom. The normalized spacial score (nSPS) is 11.0. The van der Waals surface area contributed by atoms with Gasteiger partial charge >= 0.3 is 0 Å². The van der Waals surface area contributed by atoms with E-state index in [9.17, 15) is 4.79 Å². The molecule has 2 aromatic heterocycles. The molecule has 0 atom stereocenters. The third-order valence-corrected chi connectivity index (χ3v) is 3.83. The second-order valence-corrected chi connectivity index (χ2v) is 5.49. The highest BCUT2D eigenvalue weighted by atomic mass is 35.5. The average Bonchev–Trinajstić information content (AvgIpc) is 2.81. The number of fused-ring (bicyclic) bond motifs is 1. The third kappa shape index (κ3) is 2.29. The van der Waals surface area contributed by atoms with Crippen LogP contribution in [-0.4, -0.2) is 14.3 Å². The van der Waals surface area contributed by atoms with Crippen molar-refractivity contribution in [2.75, 3.05) is 5.32 Å². The van der Waals surface area contributed by atoms with Crippen molar-refractivity contribution in [2.24, 2.45) is 14.1 Å². The molecule has 3 rings (SSSR count). The SMILES string of the molecule is Cc1c(Nc2cc(Cl)cc3c2ccn3C)cnn(C)c1=O. The molecule has 0 saturated carbocycles. The molecule has 0 spiro atoms. The van der Waals surface area contributed by atoms with Crippen LogP contribution < -0.4 is 10.9 Å². The van der Waals surface area contributed by atoms with Gasteiger partial charge in [-0.1, -0.05) is 11.6 Å². The van der Waals surface area contributed by atoms with Crippen LogP contribution in [0, 0.1) is 6.92 Å². The van der Waals surface area contributed by atoms with Gasteiger partial charge in [-0.25, -0.2) is 4.68 Å². The van der Waals surface area contributed by atoms with Gasteiger partial charge in [0.15, 0.2) is 0 Å². The fourth-order valence-electron chi connectivity index (χ4n) is 2.36. The Labute approximate surface area is 126 Å². The Balaban J connectivity index is 2.14. The van der Waals surface area contributed by atoms with Gasteiger partial charge in [0.2, 0.25) is 0 Å². The van der Waals surface area contributed by atoms with Gasteiger partial charge in [-0.15, -0.1) is 0 Å². The third-order valence-electron chi connectivity index (χ3n) is 3.62. The van der Waals surface area contributed by atoms with E-state index in [4.69, 9.17) is 11.6 Å². The fourth-order valence-corrected chi connectivity index (χ4v) is 2.58. The number of halogens is 1. The zero-order chi connectivity index (χ0) is 15.1. The lowest BCUT2D eigenvalue weighted by atomic mass is 10.2. The van der Waals surface area contributed by atoms with Gasteiger partial charge in [0.05, 0.1) is 17.4 Å². The molecule has 108 valence electrons. The maximum absolute atomic E-state index is 11.9. The molecule has 0 aliphatic rings. The van der Waals surface area contributed by atoms with E-state index in [0.29, 0.717) is 16.3 Å². The zero-order valence-electron chi connectivity index (χ0n) is 12.0. The van der Waals surface area contributed by atoms with E-state index in [1.54, 1.807) is 20.2 Å². The van der Waals surface area contributed by atoms with E-state index < -0.39 is 0 Å². The summed E-state index contributed by atoms with van der Waals surface area (Å²) in [6.07, 6.45) is 3.62. The van der Waals surface area contributed by atoms with Gasteiger partial charge in [0.1, 0.15) is 0 Å². The molecule has 0 aliphatic carbocycles. The minimum atomic E-state index is -0.119. The number of benzene rings is 1. The topological polar surface area (TPSA) is 51.9 Å². The molecule has 0 fully saturated rings. The van der Waals surface area contributed by atoms with Crippen molar-refractivity contribution in [3.63, 3.8) is 0 Å². The molecule has 0 aliphatic heterocycles. The lowest BCUT2D eigenvalue weighted by molar-refractivity contribution is 0.702. The van der Waals surface area contributed by atoms with Crippen molar-refractivity contribution >= 4 is 33.9 Å². The molecule has 0 bridgehead atoms. The molecule has 1 aromatic carbocycles. The van der Waals surface area contributed by atoms with Crippen LogP contribution in [0.4, 0.5) is 11.4 Å². The van der Waals surface area contributed by atoms with Crippen molar-refractivity contribution < 1.29 is 0 Å². The number of rotatable bonds is 2. The van der Waals surface area contributed by atoms with Gasteiger partial charge in [0.25, 0.3) is 5.56 Å². The first-order valence-corrected chi connectivity index (χ1v) is 6.89. The van der Waals surface area contributed by atoms with E-state index in [1.807, 2.05) is 36.0 Å². The average molecular weight is 303 g/mol. The van der Waals surface area contributed by atoms with Gasteiger partial charge < -0.3 is 9.88 Å². The van der Waals surface area contributed by atoms with E-state index in [-0.39, 0.29) is 5.56 Å². The summed E-state index contributed by atoms with van der Waals surface area (Å²) in [7, 11) is 3.60. The van der Waals surface area contributed by atoms with Gasteiger partial charge in [-0.05, 0) is 25.1 Å². The quantitative estimate of drug-likeness (QED) is 0.792. The summed E-state index contributed by atoms with van der Waals surface area (Å²) in [5, 5.41) is 8.99. The molecule has 6 heteroatoms. The number of hydrogen-bond donors (Lipinski definition) is 1. The largest absolute Gasteiger partial charge is 0.353 e. The number of aryl methyl sites for hydroxylation is 2. The molecule has 0 saturated heterocycles. The van der Waals surface area contributed by atoms with Crippen molar-refractivity contribution in [1.82, 2.24) is 14.3 Å². The summed E-state index contributed by atoms with van der Waals surface area (Å²) >= 11 is 6.18. The highest BCUT2D eigenvalue weighted by molar-refractivity contribution is 6.32. The van der Waals surface area contributed by atoms with Crippen molar-refractivity contribution in [3.8, 4) is 0 Å². The second-order valence-electron chi connectivity index (χ2n) is 5.05. The molecule has 3 aromatic rings. The number of nitrogens with zero attached hydrogens (tertiary/aromatic N) is 3. The van der Waals surface area contributed by atoms with Crippen LogP contribution in [0.25, 0.3) is 10.9 Å². The van der Waals surface area contributed by atoms with Crippen LogP contribution in [0.1, 0.15) is 5.56 Å². The van der Waals surface area contributed by atoms with Gasteiger partial charge in [-0.2, -0.15) is 5.10 Å². The number of hydrogen-bond acceptors (Lipinski definition) is 3. The highest BCUT2D eigenvalue weighted by Gasteiger charge is 2.10. The van der Waals surface area contributed by atoms with Crippen LogP contribution in [0.5, 0.6) is 0 Å². The minimum Gasteiger partial charge on any atom is -0.353 e. The lowest BCUT2D eigenvalue weighted by Gasteiger charge is -2.11. The summed E-state index contributed by atoms with van der Waals surface area (Å²) in [6.45, 7) is 1.78. The maximum Gasteiger partial charge on any atom is 0.271 e. The first-order chi connectivity index (χ1) is 9.97. The number of anilines is 2. The molecule has 0 radical (unpaired) electrons.